The molecule has 1 aliphatic heterocycles. The zero-order chi connectivity index (χ0) is 14.4. The molecule has 0 radical (unpaired) electrons. The molecule has 1 aromatic rings. The number of nitrogens with zero attached hydrogens (tertiary/aromatic N) is 1. The molecule has 2 rings (SSSR count). The first-order valence-corrected chi connectivity index (χ1v) is 6.96. The SMILES string of the molecule is CCCN1CCOC(=O)C1CC(=O)Nc1ccccc1. The van der Waals surface area contributed by atoms with E-state index in [2.05, 4.69) is 12.2 Å². The van der Waals surface area contributed by atoms with Crippen LogP contribution in [0.2, 0.25) is 0 Å². The van der Waals surface area contributed by atoms with Crippen LogP contribution in [0.5, 0.6) is 0 Å². The van der Waals surface area contributed by atoms with E-state index in [0.29, 0.717) is 13.2 Å². The van der Waals surface area contributed by atoms with E-state index in [1.165, 1.54) is 0 Å². The number of hydrogen-bond donors (Lipinski definition) is 1. The van der Waals surface area contributed by atoms with Crippen molar-refractivity contribution >= 4 is 17.6 Å². The number of para-hydroxylation sites is 1. The van der Waals surface area contributed by atoms with Gasteiger partial charge in [0, 0.05) is 12.2 Å². The van der Waals surface area contributed by atoms with Gasteiger partial charge in [-0.1, -0.05) is 25.1 Å². The molecule has 108 valence electrons. The molecule has 1 aromatic carbocycles. The van der Waals surface area contributed by atoms with Gasteiger partial charge >= 0.3 is 5.97 Å². The van der Waals surface area contributed by atoms with Crippen molar-refractivity contribution in [2.75, 3.05) is 25.0 Å². The molecule has 0 aromatic heterocycles. The third-order valence-electron chi connectivity index (χ3n) is 3.28. The minimum Gasteiger partial charge on any atom is -0.463 e. The van der Waals surface area contributed by atoms with Crippen LogP contribution >= 0.6 is 0 Å². The Bertz CT molecular complexity index is 459. The third-order valence-corrected chi connectivity index (χ3v) is 3.28. The van der Waals surface area contributed by atoms with E-state index in [0.717, 1.165) is 18.7 Å². The molecule has 5 nitrogen and oxygen atoms in total. The summed E-state index contributed by atoms with van der Waals surface area (Å²) < 4.78 is 5.06. The van der Waals surface area contributed by atoms with Gasteiger partial charge in [-0.15, -0.1) is 0 Å². The fourth-order valence-electron chi connectivity index (χ4n) is 2.34. The van der Waals surface area contributed by atoms with Gasteiger partial charge < -0.3 is 10.1 Å². The first-order chi connectivity index (χ1) is 9.70. The second-order valence-electron chi connectivity index (χ2n) is 4.84. The van der Waals surface area contributed by atoms with Crippen LogP contribution < -0.4 is 5.32 Å². The molecule has 0 bridgehead atoms. The Morgan fingerprint density at radius 3 is 2.85 bits per heavy atom. The van der Waals surface area contributed by atoms with E-state index < -0.39 is 6.04 Å². The van der Waals surface area contributed by atoms with Crippen molar-refractivity contribution in [2.45, 2.75) is 25.8 Å². The monoisotopic (exact) mass is 276 g/mol. The summed E-state index contributed by atoms with van der Waals surface area (Å²) in [6, 6.07) is 8.77. The maximum Gasteiger partial charge on any atom is 0.323 e. The highest BCUT2D eigenvalue weighted by Crippen LogP contribution is 2.14. The van der Waals surface area contributed by atoms with Crippen molar-refractivity contribution in [1.82, 2.24) is 4.90 Å². The molecule has 1 aliphatic rings. The zero-order valence-electron chi connectivity index (χ0n) is 11.7. The van der Waals surface area contributed by atoms with Crippen molar-refractivity contribution in [3.63, 3.8) is 0 Å². The number of rotatable bonds is 5. The van der Waals surface area contributed by atoms with E-state index in [9.17, 15) is 9.59 Å². The fourth-order valence-corrected chi connectivity index (χ4v) is 2.34. The highest BCUT2D eigenvalue weighted by atomic mass is 16.5. The van der Waals surface area contributed by atoms with Crippen LogP contribution in [0.4, 0.5) is 5.69 Å². The quantitative estimate of drug-likeness (QED) is 0.831. The van der Waals surface area contributed by atoms with Gasteiger partial charge in [-0.05, 0) is 25.1 Å². The van der Waals surface area contributed by atoms with Gasteiger partial charge in [0.2, 0.25) is 5.91 Å². The summed E-state index contributed by atoms with van der Waals surface area (Å²) in [5, 5.41) is 2.80. The molecule has 1 fully saturated rings. The normalized spacial score (nSPS) is 19.4. The molecule has 1 amide bonds. The lowest BCUT2D eigenvalue weighted by Crippen LogP contribution is -2.50. The Morgan fingerprint density at radius 1 is 1.40 bits per heavy atom. The standard InChI is InChI=1S/C15H20N2O3/c1-2-8-17-9-10-20-15(19)13(17)11-14(18)16-12-6-4-3-5-7-12/h3-7,13H,2,8-11H2,1H3,(H,16,18). The lowest BCUT2D eigenvalue weighted by Gasteiger charge is -2.33. The predicted octanol–water partition coefficient (Wildman–Crippen LogP) is 1.65. The minimum atomic E-state index is -0.465. The highest BCUT2D eigenvalue weighted by Gasteiger charge is 2.32. The van der Waals surface area contributed by atoms with Crippen molar-refractivity contribution < 1.29 is 14.3 Å². The number of benzene rings is 1. The first kappa shape index (κ1) is 14.5. The smallest absolute Gasteiger partial charge is 0.323 e. The van der Waals surface area contributed by atoms with Crippen molar-refractivity contribution in [2.24, 2.45) is 0 Å². The Kier molecular flexibility index (Phi) is 5.12. The van der Waals surface area contributed by atoms with Crippen LogP contribution in [0.3, 0.4) is 0 Å². The van der Waals surface area contributed by atoms with Crippen LogP contribution in [0.15, 0.2) is 30.3 Å². The summed E-state index contributed by atoms with van der Waals surface area (Å²) in [7, 11) is 0. The number of anilines is 1. The average molecular weight is 276 g/mol. The van der Waals surface area contributed by atoms with Gasteiger partial charge in [-0.2, -0.15) is 0 Å². The third kappa shape index (κ3) is 3.81. The predicted molar refractivity (Wildman–Crippen MR) is 76.3 cm³/mol. The van der Waals surface area contributed by atoms with Crippen LogP contribution in [-0.4, -0.2) is 42.5 Å². The van der Waals surface area contributed by atoms with Crippen molar-refractivity contribution in [1.29, 1.82) is 0 Å². The summed E-state index contributed by atoms with van der Waals surface area (Å²) >= 11 is 0. The number of cyclic esters (lactones) is 1. The van der Waals surface area contributed by atoms with Gasteiger partial charge in [0.15, 0.2) is 0 Å². The summed E-state index contributed by atoms with van der Waals surface area (Å²) in [6.07, 6.45) is 1.08. The maximum atomic E-state index is 12.0. The number of carbonyl (C=O) groups excluding carboxylic acids is 2. The van der Waals surface area contributed by atoms with E-state index >= 15 is 0 Å². The lowest BCUT2D eigenvalue weighted by molar-refractivity contribution is -0.158. The Hall–Kier alpha value is -1.88. The minimum absolute atomic E-state index is 0.133. The number of esters is 1. The number of ether oxygens (including phenoxy) is 1. The summed E-state index contributed by atoms with van der Waals surface area (Å²) in [6.45, 7) is 3.97. The van der Waals surface area contributed by atoms with Crippen molar-refractivity contribution in [3.05, 3.63) is 30.3 Å². The lowest BCUT2D eigenvalue weighted by atomic mass is 10.1. The average Bonchev–Trinajstić information content (AvgIpc) is 2.44. The van der Waals surface area contributed by atoms with E-state index in [-0.39, 0.29) is 18.3 Å². The molecule has 0 aliphatic carbocycles. The highest BCUT2D eigenvalue weighted by molar-refractivity contribution is 5.94. The molecule has 0 saturated carbocycles. The van der Waals surface area contributed by atoms with Crippen LogP contribution in [0.1, 0.15) is 19.8 Å². The van der Waals surface area contributed by atoms with Gasteiger partial charge in [0.1, 0.15) is 12.6 Å². The Labute approximate surface area is 118 Å². The molecule has 0 spiro atoms. The van der Waals surface area contributed by atoms with Gasteiger partial charge in [0.25, 0.3) is 0 Å². The largest absolute Gasteiger partial charge is 0.463 e. The molecule has 1 unspecified atom stereocenters. The number of morpholine rings is 1. The van der Waals surface area contributed by atoms with E-state index in [1.807, 2.05) is 35.2 Å². The fraction of sp³-hybridized carbons (Fsp3) is 0.467. The number of amides is 1. The maximum absolute atomic E-state index is 12.0. The number of carbonyl (C=O) groups is 2. The van der Waals surface area contributed by atoms with Crippen LogP contribution in [-0.2, 0) is 14.3 Å². The second-order valence-corrected chi connectivity index (χ2v) is 4.84. The van der Waals surface area contributed by atoms with Gasteiger partial charge in [-0.25, -0.2) is 0 Å². The van der Waals surface area contributed by atoms with Gasteiger partial charge in [0.05, 0.1) is 6.42 Å². The molecule has 1 saturated heterocycles. The molecular formula is C15H20N2O3. The summed E-state index contributed by atoms with van der Waals surface area (Å²) in [4.78, 5) is 25.9. The number of hydrogen-bond acceptors (Lipinski definition) is 4. The first-order valence-electron chi connectivity index (χ1n) is 6.96. The zero-order valence-corrected chi connectivity index (χ0v) is 11.7. The van der Waals surface area contributed by atoms with E-state index in [1.54, 1.807) is 0 Å². The summed E-state index contributed by atoms with van der Waals surface area (Å²) in [5.41, 5.74) is 0.740. The molecule has 1 N–H and O–H groups in total. The molecule has 1 atom stereocenters. The van der Waals surface area contributed by atoms with Gasteiger partial charge in [-0.3, -0.25) is 14.5 Å². The Morgan fingerprint density at radius 2 is 2.15 bits per heavy atom. The number of nitrogens with one attached hydrogen (secondary N) is 1. The molecule has 20 heavy (non-hydrogen) atoms. The van der Waals surface area contributed by atoms with Crippen LogP contribution in [0, 0.1) is 0 Å². The molecular weight excluding hydrogens is 256 g/mol. The Balaban J connectivity index is 1.95. The summed E-state index contributed by atoms with van der Waals surface area (Å²) in [5.74, 6) is -0.464. The molecule has 5 heteroatoms. The second kappa shape index (κ2) is 7.05. The van der Waals surface area contributed by atoms with Crippen LogP contribution in [0.25, 0.3) is 0 Å². The topological polar surface area (TPSA) is 58.6 Å². The van der Waals surface area contributed by atoms with E-state index in [4.69, 9.17) is 4.74 Å². The van der Waals surface area contributed by atoms with Crippen molar-refractivity contribution in [3.8, 4) is 0 Å². The molecule has 1 heterocycles.